The van der Waals surface area contributed by atoms with E-state index in [1.54, 1.807) is 13.2 Å². The Balaban J connectivity index is 2.37. The molecule has 0 aliphatic rings. The van der Waals surface area contributed by atoms with E-state index in [0.717, 1.165) is 27.1 Å². The summed E-state index contributed by atoms with van der Waals surface area (Å²) in [6.45, 7) is 1.90. The molecule has 0 radical (unpaired) electrons. The van der Waals surface area contributed by atoms with E-state index in [9.17, 15) is 0 Å². The molecule has 0 spiro atoms. The average molecular weight is 367 g/mol. The number of nitrogens with zero attached hydrogens (tertiary/aromatic N) is 3. The molecule has 0 amide bonds. The number of hydrogen-bond acceptors (Lipinski definition) is 3. The number of hydrogen-bond donors (Lipinski definition) is 0. The Labute approximate surface area is 135 Å². The summed E-state index contributed by atoms with van der Waals surface area (Å²) in [7, 11) is 1.60. The molecule has 0 bridgehead atoms. The van der Waals surface area contributed by atoms with Crippen LogP contribution in [0.1, 0.15) is 18.1 Å². The van der Waals surface area contributed by atoms with Crippen LogP contribution in [-0.2, 0) is 0 Å². The third-order valence-corrected chi connectivity index (χ3v) is 4.03. The highest BCUT2D eigenvalue weighted by Gasteiger charge is 2.19. The molecule has 2 heterocycles. The SMILES string of the molecule is COc1ccc2nc(C(C)Cl)n(-c3ccccc3Br)c2n1. The van der Waals surface area contributed by atoms with Gasteiger partial charge in [-0.25, -0.2) is 4.98 Å². The quantitative estimate of drug-likeness (QED) is 0.641. The fourth-order valence-electron chi connectivity index (χ4n) is 2.21. The summed E-state index contributed by atoms with van der Waals surface area (Å²) < 4.78 is 8.13. The normalized spacial score (nSPS) is 12.6. The highest BCUT2D eigenvalue weighted by atomic mass is 79.9. The van der Waals surface area contributed by atoms with Gasteiger partial charge in [-0.2, -0.15) is 4.98 Å². The second-order valence-electron chi connectivity index (χ2n) is 4.57. The Morgan fingerprint density at radius 2 is 1.95 bits per heavy atom. The average Bonchev–Trinajstić information content (AvgIpc) is 2.86. The van der Waals surface area contributed by atoms with Crippen LogP contribution in [0.15, 0.2) is 40.9 Å². The molecule has 0 N–H and O–H groups in total. The topological polar surface area (TPSA) is 39.9 Å². The third-order valence-electron chi connectivity index (χ3n) is 3.16. The molecule has 1 atom stereocenters. The van der Waals surface area contributed by atoms with Crippen LogP contribution in [0.25, 0.3) is 16.9 Å². The number of fused-ring (bicyclic) bond motifs is 1. The number of alkyl halides is 1. The van der Waals surface area contributed by atoms with Gasteiger partial charge in [-0.3, -0.25) is 4.57 Å². The summed E-state index contributed by atoms with van der Waals surface area (Å²) in [6.07, 6.45) is 0. The predicted octanol–water partition coefficient (Wildman–Crippen LogP) is 4.49. The van der Waals surface area contributed by atoms with Crippen LogP contribution in [-0.4, -0.2) is 21.6 Å². The fraction of sp³-hybridized carbons (Fsp3) is 0.200. The lowest BCUT2D eigenvalue weighted by Crippen LogP contribution is -2.03. The largest absolute Gasteiger partial charge is 0.481 e. The van der Waals surface area contributed by atoms with Crippen molar-refractivity contribution < 1.29 is 4.74 Å². The molecule has 0 fully saturated rings. The van der Waals surface area contributed by atoms with Crippen molar-refractivity contribution in [2.75, 3.05) is 7.11 Å². The van der Waals surface area contributed by atoms with Crippen molar-refractivity contribution >= 4 is 38.7 Å². The number of pyridine rings is 1. The highest BCUT2D eigenvalue weighted by Crippen LogP contribution is 2.31. The monoisotopic (exact) mass is 365 g/mol. The molecule has 21 heavy (non-hydrogen) atoms. The first kappa shape index (κ1) is 14.4. The molecule has 4 nitrogen and oxygen atoms in total. The highest BCUT2D eigenvalue weighted by molar-refractivity contribution is 9.10. The van der Waals surface area contributed by atoms with Gasteiger partial charge in [0.05, 0.1) is 18.2 Å². The molecule has 0 saturated heterocycles. The first-order chi connectivity index (χ1) is 10.1. The van der Waals surface area contributed by atoms with Gasteiger partial charge in [-0.15, -0.1) is 11.6 Å². The standard InChI is InChI=1S/C15H13BrClN3O/c1-9(17)14-18-11-7-8-13(21-2)19-15(11)20(14)12-6-4-3-5-10(12)16/h3-9H,1-2H3. The zero-order chi connectivity index (χ0) is 15.0. The van der Waals surface area contributed by atoms with E-state index in [1.807, 2.05) is 41.8 Å². The van der Waals surface area contributed by atoms with Crippen LogP contribution in [0.2, 0.25) is 0 Å². The van der Waals surface area contributed by atoms with Gasteiger partial charge in [0.1, 0.15) is 11.3 Å². The van der Waals surface area contributed by atoms with Crippen LogP contribution in [0.3, 0.4) is 0 Å². The van der Waals surface area contributed by atoms with Gasteiger partial charge in [-0.1, -0.05) is 12.1 Å². The van der Waals surface area contributed by atoms with Gasteiger partial charge in [0.15, 0.2) is 5.65 Å². The zero-order valence-electron chi connectivity index (χ0n) is 11.5. The van der Waals surface area contributed by atoms with Crippen LogP contribution in [0.5, 0.6) is 5.88 Å². The summed E-state index contributed by atoms with van der Waals surface area (Å²) >= 11 is 9.87. The lowest BCUT2D eigenvalue weighted by molar-refractivity contribution is 0.399. The van der Waals surface area contributed by atoms with Crippen molar-refractivity contribution in [2.45, 2.75) is 12.3 Å². The number of halogens is 2. The Morgan fingerprint density at radius 1 is 1.19 bits per heavy atom. The number of para-hydroxylation sites is 1. The number of ether oxygens (including phenoxy) is 1. The van der Waals surface area contributed by atoms with Gasteiger partial charge in [0.2, 0.25) is 5.88 Å². The van der Waals surface area contributed by atoms with E-state index in [0.29, 0.717) is 5.88 Å². The van der Waals surface area contributed by atoms with E-state index in [-0.39, 0.29) is 5.38 Å². The van der Waals surface area contributed by atoms with E-state index >= 15 is 0 Å². The zero-order valence-corrected chi connectivity index (χ0v) is 13.9. The van der Waals surface area contributed by atoms with Crippen molar-refractivity contribution in [2.24, 2.45) is 0 Å². The second-order valence-corrected chi connectivity index (χ2v) is 6.08. The van der Waals surface area contributed by atoms with E-state index in [2.05, 4.69) is 25.9 Å². The Hall–Kier alpha value is -1.59. The lowest BCUT2D eigenvalue weighted by Gasteiger charge is -2.11. The molecule has 0 aliphatic carbocycles. The maximum Gasteiger partial charge on any atom is 0.215 e. The summed E-state index contributed by atoms with van der Waals surface area (Å²) in [6, 6.07) is 11.6. The molecular formula is C15H13BrClN3O. The first-order valence-corrected chi connectivity index (χ1v) is 7.67. The van der Waals surface area contributed by atoms with Crippen molar-refractivity contribution in [3.63, 3.8) is 0 Å². The predicted molar refractivity (Wildman–Crippen MR) is 87.4 cm³/mol. The van der Waals surface area contributed by atoms with E-state index in [4.69, 9.17) is 16.3 Å². The number of aromatic nitrogens is 3. The molecular weight excluding hydrogens is 354 g/mol. The number of methoxy groups -OCH3 is 1. The van der Waals surface area contributed by atoms with Gasteiger partial charge in [0.25, 0.3) is 0 Å². The van der Waals surface area contributed by atoms with Gasteiger partial charge >= 0.3 is 0 Å². The van der Waals surface area contributed by atoms with E-state index in [1.165, 1.54) is 0 Å². The summed E-state index contributed by atoms with van der Waals surface area (Å²) in [5, 5.41) is -0.239. The Bertz CT molecular complexity index is 801. The second kappa shape index (κ2) is 5.66. The van der Waals surface area contributed by atoms with Crippen molar-refractivity contribution in [1.82, 2.24) is 14.5 Å². The molecule has 1 unspecified atom stereocenters. The molecule has 0 saturated carbocycles. The minimum atomic E-state index is -0.239. The summed E-state index contributed by atoms with van der Waals surface area (Å²) in [5.74, 6) is 1.30. The maximum absolute atomic E-state index is 6.30. The Morgan fingerprint density at radius 3 is 2.62 bits per heavy atom. The minimum absolute atomic E-state index is 0.239. The Kier molecular flexibility index (Phi) is 3.87. The third kappa shape index (κ3) is 2.51. The molecule has 3 aromatic rings. The first-order valence-electron chi connectivity index (χ1n) is 6.44. The van der Waals surface area contributed by atoms with Gasteiger partial charge in [-0.05, 0) is 41.1 Å². The summed E-state index contributed by atoms with van der Waals surface area (Å²) in [4.78, 5) is 9.11. The summed E-state index contributed by atoms with van der Waals surface area (Å²) in [5.41, 5.74) is 2.46. The smallest absolute Gasteiger partial charge is 0.215 e. The maximum atomic E-state index is 6.30. The molecule has 1 aromatic carbocycles. The number of imidazole rings is 1. The van der Waals surface area contributed by atoms with Crippen LogP contribution in [0, 0.1) is 0 Å². The fourth-order valence-corrected chi connectivity index (χ4v) is 2.82. The molecule has 3 rings (SSSR count). The van der Waals surface area contributed by atoms with Gasteiger partial charge in [0, 0.05) is 10.5 Å². The molecule has 6 heteroatoms. The van der Waals surface area contributed by atoms with E-state index < -0.39 is 0 Å². The lowest BCUT2D eigenvalue weighted by atomic mass is 10.3. The van der Waals surface area contributed by atoms with Crippen molar-refractivity contribution in [3.8, 4) is 11.6 Å². The van der Waals surface area contributed by atoms with Crippen LogP contribution < -0.4 is 4.74 Å². The minimum Gasteiger partial charge on any atom is -0.481 e. The van der Waals surface area contributed by atoms with Crippen molar-refractivity contribution in [1.29, 1.82) is 0 Å². The molecule has 0 aliphatic heterocycles. The number of benzene rings is 1. The number of rotatable bonds is 3. The molecule has 108 valence electrons. The van der Waals surface area contributed by atoms with Crippen LogP contribution in [0.4, 0.5) is 0 Å². The molecule has 2 aromatic heterocycles. The van der Waals surface area contributed by atoms with Gasteiger partial charge < -0.3 is 4.74 Å². The van der Waals surface area contributed by atoms with Crippen molar-refractivity contribution in [3.05, 3.63) is 46.7 Å². The van der Waals surface area contributed by atoms with Crippen LogP contribution >= 0.6 is 27.5 Å².